The van der Waals surface area contributed by atoms with E-state index in [4.69, 9.17) is 23.8 Å². The van der Waals surface area contributed by atoms with Crippen molar-refractivity contribution in [2.24, 2.45) is 0 Å². The van der Waals surface area contributed by atoms with Gasteiger partial charge in [0.15, 0.2) is 0 Å². The molecule has 0 unspecified atom stereocenters. The lowest BCUT2D eigenvalue weighted by Gasteiger charge is -2.14. The van der Waals surface area contributed by atoms with Gasteiger partial charge in [0.25, 0.3) is 11.6 Å². The Balaban J connectivity index is 1.43. The molecule has 1 saturated heterocycles. The van der Waals surface area contributed by atoms with Crippen LogP contribution in [0.5, 0.6) is 0 Å². The summed E-state index contributed by atoms with van der Waals surface area (Å²) in [5.74, 6) is -0.403. The van der Waals surface area contributed by atoms with Gasteiger partial charge in [-0.25, -0.2) is 0 Å². The van der Waals surface area contributed by atoms with Crippen LogP contribution in [-0.4, -0.2) is 32.5 Å². The van der Waals surface area contributed by atoms with Crippen LogP contribution in [0.3, 0.4) is 0 Å². The first-order valence-electron chi connectivity index (χ1n) is 9.89. The number of unbranched alkanes of at least 4 members (excludes halogenated alkanes) is 2. The number of hydrogen-bond acceptors (Lipinski definition) is 6. The fraction of sp³-hybridized carbons (Fsp3) is 0.227. The highest BCUT2D eigenvalue weighted by atomic mass is 35.5. The van der Waals surface area contributed by atoms with Gasteiger partial charge in [0, 0.05) is 24.1 Å². The Kier molecular flexibility index (Phi) is 8.38. The number of carbonyl (C=O) groups excluding carboxylic acids is 2. The van der Waals surface area contributed by atoms with Crippen LogP contribution in [0.15, 0.2) is 53.4 Å². The van der Waals surface area contributed by atoms with Gasteiger partial charge in [0.2, 0.25) is 5.91 Å². The normalized spacial score (nSPS) is 14.8. The molecule has 32 heavy (non-hydrogen) atoms. The van der Waals surface area contributed by atoms with Gasteiger partial charge in [-0.15, -0.1) is 0 Å². The number of nitrogens with one attached hydrogen (secondary N) is 1. The lowest BCUT2D eigenvalue weighted by atomic mass is 10.1. The Hall–Kier alpha value is -2.75. The highest BCUT2D eigenvalue weighted by Crippen LogP contribution is 2.33. The molecule has 0 saturated carbocycles. The smallest absolute Gasteiger partial charge is 0.292 e. The number of rotatable bonds is 9. The second kappa shape index (κ2) is 11.2. The predicted molar refractivity (Wildman–Crippen MR) is 132 cm³/mol. The van der Waals surface area contributed by atoms with Gasteiger partial charge < -0.3 is 5.32 Å². The van der Waals surface area contributed by atoms with Crippen molar-refractivity contribution in [2.75, 3.05) is 11.9 Å². The SMILES string of the molecule is O=C(CCCCCN1C(=O)/C(=C/c2ccc(Cl)cc2)SC1=S)Nc1ccccc1[N+](=O)[O-]. The van der Waals surface area contributed by atoms with Crippen molar-refractivity contribution in [2.45, 2.75) is 25.7 Å². The van der Waals surface area contributed by atoms with Crippen LogP contribution < -0.4 is 5.32 Å². The number of nitro benzene ring substituents is 1. The number of thiocarbonyl (C=S) groups is 1. The molecule has 10 heteroatoms. The topological polar surface area (TPSA) is 92.6 Å². The molecule has 0 radical (unpaired) electrons. The maximum atomic E-state index is 12.7. The van der Waals surface area contributed by atoms with Crippen molar-refractivity contribution < 1.29 is 14.5 Å². The standard InChI is InChI=1S/C22H20ClN3O4S2/c23-16-11-9-15(10-12-16)14-19-21(28)25(22(31)32-19)13-5-1-2-8-20(27)24-17-6-3-4-7-18(17)26(29)30/h3-4,6-7,9-12,14H,1-2,5,8,13H2,(H,24,27)/b19-14-. The minimum absolute atomic E-state index is 0.121. The fourth-order valence-electron chi connectivity index (χ4n) is 3.09. The van der Waals surface area contributed by atoms with Gasteiger partial charge in [0.05, 0.1) is 9.83 Å². The third-order valence-corrected chi connectivity index (χ3v) is 6.33. The van der Waals surface area contributed by atoms with Crippen LogP contribution in [0.4, 0.5) is 11.4 Å². The summed E-state index contributed by atoms with van der Waals surface area (Å²) < 4.78 is 0.518. The van der Waals surface area contributed by atoms with Crippen molar-refractivity contribution in [1.82, 2.24) is 4.90 Å². The zero-order chi connectivity index (χ0) is 23.1. The average Bonchev–Trinajstić information content (AvgIpc) is 3.02. The van der Waals surface area contributed by atoms with Crippen molar-refractivity contribution in [3.63, 3.8) is 0 Å². The number of anilines is 1. The molecular weight excluding hydrogens is 470 g/mol. The molecular formula is C22H20ClN3O4S2. The summed E-state index contributed by atoms with van der Waals surface area (Å²) in [7, 11) is 0. The molecule has 2 aromatic rings. The summed E-state index contributed by atoms with van der Waals surface area (Å²) >= 11 is 12.5. The number of para-hydroxylation sites is 2. The molecule has 7 nitrogen and oxygen atoms in total. The number of nitro groups is 1. The lowest BCUT2D eigenvalue weighted by molar-refractivity contribution is -0.383. The van der Waals surface area contributed by atoms with Crippen LogP contribution >= 0.6 is 35.6 Å². The third kappa shape index (κ3) is 6.38. The summed E-state index contributed by atoms with van der Waals surface area (Å²) in [5.41, 5.74) is 0.925. The zero-order valence-electron chi connectivity index (χ0n) is 17.0. The average molecular weight is 490 g/mol. The molecule has 3 rings (SSSR count). The molecule has 1 heterocycles. The monoisotopic (exact) mass is 489 g/mol. The molecule has 0 aliphatic carbocycles. The van der Waals surface area contributed by atoms with Gasteiger partial charge >= 0.3 is 0 Å². The van der Waals surface area contributed by atoms with E-state index in [0.717, 1.165) is 12.0 Å². The van der Waals surface area contributed by atoms with Gasteiger partial charge in [-0.05, 0) is 42.7 Å². The van der Waals surface area contributed by atoms with Crippen LogP contribution in [0.25, 0.3) is 6.08 Å². The van der Waals surface area contributed by atoms with E-state index in [0.29, 0.717) is 33.6 Å². The van der Waals surface area contributed by atoms with Gasteiger partial charge in [-0.2, -0.15) is 0 Å². The molecule has 0 bridgehead atoms. The number of carbonyl (C=O) groups is 2. The highest BCUT2D eigenvalue weighted by Gasteiger charge is 2.31. The quantitative estimate of drug-likeness (QED) is 0.161. The molecule has 166 valence electrons. The first-order chi connectivity index (χ1) is 15.3. The lowest BCUT2D eigenvalue weighted by Crippen LogP contribution is -2.29. The van der Waals surface area contributed by atoms with Crippen molar-refractivity contribution in [1.29, 1.82) is 0 Å². The van der Waals surface area contributed by atoms with Crippen LogP contribution in [0.2, 0.25) is 5.02 Å². The first-order valence-corrected chi connectivity index (χ1v) is 11.5. The van der Waals surface area contributed by atoms with Crippen molar-refractivity contribution in [3.8, 4) is 0 Å². The zero-order valence-corrected chi connectivity index (χ0v) is 19.3. The van der Waals surface area contributed by atoms with E-state index in [9.17, 15) is 19.7 Å². The Morgan fingerprint density at radius 2 is 1.88 bits per heavy atom. The Bertz CT molecular complexity index is 1070. The maximum absolute atomic E-state index is 12.7. The molecule has 1 aliphatic heterocycles. The van der Waals surface area contributed by atoms with Gasteiger partial charge in [-0.3, -0.25) is 24.6 Å². The van der Waals surface area contributed by atoms with E-state index in [1.54, 1.807) is 35.2 Å². The number of thioether (sulfide) groups is 1. The molecule has 0 aromatic heterocycles. The van der Waals surface area contributed by atoms with Crippen molar-refractivity contribution >= 4 is 69.2 Å². The number of benzene rings is 2. The Labute approximate surface area is 200 Å². The van der Waals surface area contributed by atoms with E-state index in [-0.39, 0.29) is 29.6 Å². The van der Waals surface area contributed by atoms with E-state index < -0.39 is 4.92 Å². The second-order valence-electron chi connectivity index (χ2n) is 7.02. The molecule has 0 spiro atoms. The third-order valence-electron chi connectivity index (χ3n) is 4.70. The van der Waals surface area contributed by atoms with Gasteiger partial charge in [-0.1, -0.05) is 66.3 Å². The van der Waals surface area contributed by atoms with Crippen molar-refractivity contribution in [3.05, 3.63) is 74.1 Å². The molecule has 0 atom stereocenters. The Morgan fingerprint density at radius 3 is 2.59 bits per heavy atom. The van der Waals surface area contributed by atoms with E-state index in [2.05, 4.69) is 5.32 Å². The number of hydrogen-bond donors (Lipinski definition) is 1. The maximum Gasteiger partial charge on any atom is 0.292 e. The Morgan fingerprint density at radius 1 is 1.16 bits per heavy atom. The molecule has 1 N–H and O–H groups in total. The summed E-state index contributed by atoms with van der Waals surface area (Å²) in [6.45, 7) is 0.481. The van der Waals surface area contributed by atoms with E-state index in [1.165, 1.54) is 23.9 Å². The number of nitrogens with zero attached hydrogens (tertiary/aromatic N) is 2. The summed E-state index contributed by atoms with van der Waals surface area (Å²) in [5, 5.41) is 14.2. The van der Waals surface area contributed by atoms with E-state index >= 15 is 0 Å². The minimum atomic E-state index is -0.529. The number of halogens is 1. The largest absolute Gasteiger partial charge is 0.320 e. The molecule has 1 aliphatic rings. The highest BCUT2D eigenvalue weighted by molar-refractivity contribution is 8.26. The summed E-state index contributed by atoms with van der Waals surface area (Å²) in [6.07, 6.45) is 4.04. The minimum Gasteiger partial charge on any atom is -0.320 e. The summed E-state index contributed by atoms with van der Waals surface area (Å²) in [4.78, 5) is 37.4. The predicted octanol–water partition coefficient (Wildman–Crippen LogP) is 5.65. The van der Waals surface area contributed by atoms with Crippen LogP contribution in [0.1, 0.15) is 31.2 Å². The first kappa shape index (κ1) is 23.9. The van der Waals surface area contributed by atoms with Crippen LogP contribution in [-0.2, 0) is 9.59 Å². The molecule has 2 amide bonds. The van der Waals surface area contributed by atoms with Gasteiger partial charge in [0.1, 0.15) is 10.0 Å². The summed E-state index contributed by atoms with van der Waals surface area (Å²) in [6, 6.07) is 13.2. The number of amides is 2. The second-order valence-corrected chi connectivity index (χ2v) is 9.13. The molecule has 2 aromatic carbocycles. The van der Waals surface area contributed by atoms with E-state index in [1.807, 2.05) is 12.1 Å². The molecule has 1 fully saturated rings. The fourth-order valence-corrected chi connectivity index (χ4v) is 4.52. The van der Waals surface area contributed by atoms with Crippen LogP contribution in [0, 0.1) is 10.1 Å².